The largest absolute Gasteiger partial charge is 0.454 e. The van der Waals surface area contributed by atoms with Crippen molar-refractivity contribution in [1.82, 2.24) is 9.78 Å². The van der Waals surface area contributed by atoms with Gasteiger partial charge in [-0.2, -0.15) is 10.4 Å². The topological polar surface area (TPSA) is 77.1 Å². The van der Waals surface area contributed by atoms with Crippen LogP contribution in [0.1, 0.15) is 66.1 Å². The van der Waals surface area contributed by atoms with Crippen molar-refractivity contribution in [2.45, 2.75) is 53.5 Å². The minimum atomic E-state index is -0.495. The summed E-state index contributed by atoms with van der Waals surface area (Å²) in [4.78, 5) is 12.4. The Morgan fingerprint density at radius 2 is 1.65 bits per heavy atom. The van der Waals surface area contributed by atoms with Crippen LogP contribution in [0, 0.1) is 25.2 Å². The molecule has 0 spiro atoms. The molecule has 3 rings (SSSR count). The van der Waals surface area contributed by atoms with E-state index < -0.39 is 5.97 Å². The smallest absolute Gasteiger partial charge is 0.340 e. The summed E-state index contributed by atoms with van der Waals surface area (Å²) in [7, 11) is 0. The maximum atomic E-state index is 12.4. The van der Waals surface area contributed by atoms with Crippen molar-refractivity contribution in [2.75, 3.05) is 6.79 Å². The van der Waals surface area contributed by atoms with Crippen LogP contribution in [0.4, 0.5) is 0 Å². The number of rotatable bonds is 7. The second-order valence-electron chi connectivity index (χ2n) is 9.08. The van der Waals surface area contributed by atoms with Crippen LogP contribution in [0.5, 0.6) is 0 Å². The van der Waals surface area contributed by atoms with Gasteiger partial charge in [-0.25, -0.2) is 4.79 Å². The van der Waals surface area contributed by atoms with Crippen LogP contribution < -0.4 is 0 Å². The Kier molecular flexibility index (Phi) is 7.57. The van der Waals surface area contributed by atoms with Gasteiger partial charge >= 0.3 is 5.97 Å². The zero-order valence-corrected chi connectivity index (χ0v) is 20.7. The molecule has 0 unspecified atom stereocenters. The molecule has 0 aliphatic rings. The molecule has 0 amide bonds. The molecule has 0 saturated carbocycles. The van der Waals surface area contributed by atoms with Gasteiger partial charge in [0.2, 0.25) is 6.79 Å². The number of esters is 1. The third-order valence-electron chi connectivity index (χ3n) is 5.72. The van der Waals surface area contributed by atoms with Crippen LogP contribution >= 0.6 is 0 Å². The number of carbonyl (C=O) groups excluding carboxylic acids is 1. The van der Waals surface area contributed by atoms with Gasteiger partial charge in [0.15, 0.2) is 5.76 Å². The summed E-state index contributed by atoms with van der Waals surface area (Å²) in [5.41, 5.74) is 5.12. The SMILES string of the molecule is CCn1nc(C)c(C)c1/C(OCOC(=O)c1ccccc1)=C(\C#N)c1ccc(C(C)(C)C)cc1. The minimum Gasteiger partial charge on any atom is -0.454 e. The van der Waals surface area contributed by atoms with Gasteiger partial charge in [-0.1, -0.05) is 63.2 Å². The van der Waals surface area contributed by atoms with Crippen molar-refractivity contribution in [3.05, 3.63) is 88.2 Å². The van der Waals surface area contributed by atoms with Crippen molar-refractivity contribution in [3.63, 3.8) is 0 Å². The quantitative estimate of drug-likeness (QED) is 0.187. The lowest BCUT2D eigenvalue weighted by Gasteiger charge is -2.19. The molecule has 3 aromatic rings. The molecule has 0 saturated heterocycles. The van der Waals surface area contributed by atoms with Gasteiger partial charge in [0.1, 0.15) is 17.3 Å². The Morgan fingerprint density at radius 3 is 2.21 bits per heavy atom. The van der Waals surface area contributed by atoms with E-state index in [4.69, 9.17) is 9.47 Å². The number of hydrogen-bond donors (Lipinski definition) is 0. The Labute approximate surface area is 201 Å². The van der Waals surface area contributed by atoms with Crippen LogP contribution in [0.15, 0.2) is 54.6 Å². The van der Waals surface area contributed by atoms with Crippen molar-refractivity contribution in [2.24, 2.45) is 0 Å². The molecular formula is C28H31N3O3. The van der Waals surface area contributed by atoms with Crippen LogP contribution in [0.2, 0.25) is 0 Å². The average molecular weight is 458 g/mol. The fourth-order valence-corrected chi connectivity index (χ4v) is 3.63. The highest BCUT2D eigenvalue weighted by Gasteiger charge is 2.23. The molecule has 0 aliphatic heterocycles. The summed E-state index contributed by atoms with van der Waals surface area (Å²) in [6, 6.07) is 18.9. The van der Waals surface area contributed by atoms with E-state index in [0.29, 0.717) is 29.1 Å². The Hall–Kier alpha value is -3.85. The second-order valence-corrected chi connectivity index (χ2v) is 9.08. The number of hydrogen-bond acceptors (Lipinski definition) is 5. The molecule has 0 N–H and O–H groups in total. The summed E-state index contributed by atoms with van der Waals surface area (Å²) in [5.74, 6) is -0.156. The van der Waals surface area contributed by atoms with Gasteiger partial charge in [0.05, 0.1) is 11.3 Å². The second kappa shape index (κ2) is 10.4. The van der Waals surface area contributed by atoms with Crippen LogP contribution in [0.25, 0.3) is 11.3 Å². The van der Waals surface area contributed by atoms with E-state index in [9.17, 15) is 10.1 Å². The monoisotopic (exact) mass is 457 g/mol. The normalized spacial score (nSPS) is 12.0. The molecule has 34 heavy (non-hydrogen) atoms. The lowest BCUT2D eigenvalue weighted by atomic mass is 9.86. The molecule has 6 nitrogen and oxygen atoms in total. The van der Waals surface area contributed by atoms with Crippen molar-refractivity contribution < 1.29 is 14.3 Å². The molecule has 1 aromatic heterocycles. The first-order chi connectivity index (χ1) is 16.2. The fourth-order valence-electron chi connectivity index (χ4n) is 3.63. The highest BCUT2D eigenvalue weighted by Crippen LogP contribution is 2.32. The summed E-state index contributed by atoms with van der Waals surface area (Å²) < 4.78 is 13.2. The molecule has 0 aliphatic carbocycles. The standard InChI is InChI=1S/C28H31N3O3/c1-7-31-25(19(2)20(3)30-31)26(33-18-34-27(32)22-11-9-8-10-12-22)24(17-29)21-13-15-23(16-14-21)28(4,5)6/h8-16H,7,18H2,1-6H3/b26-24-. The minimum absolute atomic E-state index is 0.00541. The summed E-state index contributed by atoms with van der Waals surface area (Å²) in [6.07, 6.45) is 0. The first-order valence-electron chi connectivity index (χ1n) is 11.3. The molecule has 1 heterocycles. The molecule has 176 valence electrons. The predicted molar refractivity (Wildman–Crippen MR) is 133 cm³/mol. The van der Waals surface area contributed by atoms with Crippen molar-refractivity contribution in [3.8, 4) is 6.07 Å². The molecular weight excluding hydrogens is 426 g/mol. The third-order valence-corrected chi connectivity index (χ3v) is 5.72. The third kappa shape index (κ3) is 5.37. The summed E-state index contributed by atoms with van der Waals surface area (Å²) in [5, 5.41) is 14.7. The maximum Gasteiger partial charge on any atom is 0.340 e. The zero-order chi connectivity index (χ0) is 24.9. The van der Waals surface area contributed by atoms with E-state index >= 15 is 0 Å². The lowest BCUT2D eigenvalue weighted by Crippen LogP contribution is -2.12. The summed E-state index contributed by atoms with van der Waals surface area (Å²) in [6.45, 7) is 12.5. The maximum absolute atomic E-state index is 12.4. The Morgan fingerprint density at radius 1 is 1.00 bits per heavy atom. The molecule has 2 aromatic carbocycles. The van der Waals surface area contributed by atoms with Gasteiger partial charge in [-0.05, 0) is 49.4 Å². The zero-order valence-electron chi connectivity index (χ0n) is 20.7. The van der Waals surface area contributed by atoms with Gasteiger partial charge in [0.25, 0.3) is 0 Å². The van der Waals surface area contributed by atoms with E-state index in [-0.39, 0.29) is 12.2 Å². The average Bonchev–Trinajstić information content (AvgIpc) is 3.12. The number of aryl methyl sites for hydroxylation is 2. The predicted octanol–water partition coefficient (Wildman–Crippen LogP) is 6.04. The number of aromatic nitrogens is 2. The number of nitrogens with zero attached hydrogens (tertiary/aromatic N) is 3. The Bertz CT molecular complexity index is 1220. The number of carbonyl (C=O) groups is 1. The number of nitriles is 1. The van der Waals surface area contributed by atoms with Gasteiger partial charge in [0, 0.05) is 12.1 Å². The Balaban J connectivity index is 2.02. The number of benzene rings is 2. The van der Waals surface area contributed by atoms with E-state index in [1.807, 2.05) is 51.1 Å². The molecule has 0 fully saturated rings. The van der Waals surface area contributed by atoms with Crippen molar-refractivity contribution in [1.29, 1.82) is 5.26 Å². The number of ether oxygens (including phenoxy) is 2. The molecule has 0 bridgehead atoms. The first-order valence-corrected chi connectivity index (χ1v) is 11.3. The van der Waals surface area contributed by atoms with E-state index in [1.54, 1.807) is 28.9 Å². The molecule has 0 atom stereocenters. The number of allylic oxidation sites excluding steroid dienone is 1. The van der Waals surface area contributed by atoms with Crippen LogP contribution in [-0.2, 0) is 21.4 Å². The van der Waals surface area contributed by atoms with Gasteiger partial charge < -0.3 is 9.47 Å². The van der Waals surface area contributed by atoms with Gasteiger partial charge in [-0.3, -0.25) is 4.68 Å². The van der Waals surface area contributed by atoms with E-state index in [0.717, 1.165) is 16.8 Å². The lowest BCUT2D eigenvalue weighted by molar-refractivity contribution is 0.00656. The van der Waals surface area contributed by atoms with Crippen LogP contribution in [-0.4, -0.2) is 22.5 Å². The molecule has 0 radical (unpaired) electrons. The summed E-state index contributed by atoms with van der Waals surface area (Å²) >= 11 is 0. The van der Waals surface area contributed by atoms with Gasteiger partial charge in [-0.15, -0.1) is 0 Å². The van der Waals surface area contributed by atoms with Crippen LogP contribution in [0.3, 0.4) is 0 Å². The van der Waals surface area contributed by atoms with E-state index in [2.05, 4.69) is 31.9 Å². The fraction of sp³-hybridized carbons (Fsp3) is 0.321. The van der Waals surface area contributed by atoms with Crippen molar-refractivity contribution >= 4 is 17.3 Å². The highest BCUT2D eigenvalue weighted by atomic mass is 16.7. The first kappa shape index (κ1) is 24.8. The molecule has 6 heteroatoms. The van der Waals surface area contributed by atoms with E-state index in [1.165, 1.54) is 5.56 Å². The highest BCUT2D eigenvalue weighted by molar-refractivity contribution is 5.95.